The van der Waals surface area contributed by atoms with Gasteiger partial charge in [0.15, 0.2) is 0 Å². The highest BCUT2D eigenvalue weighted by Gasteiger charge is 2.24. The lowest BCUT2D eigenvalue weighted by Gasteiger charge is -2.27. The summed E-state index contributed by atoms with van der Waals surface area (Å²) in [6.45, 7) is 0.369. The number of carboxylic acid groups (broad SMARTS) is 1. The average molecular weight is 522 g/mol. The van der Waals surface area contributed by atoms with Crippen LogP contribution in [0.4, 0.5) is 0 Å². The number of hydrogen-bond donors (Lipinski definition) is 3. The summed E-state index contributed by atoms with van der Waals surface area (Å²) in [5.41, 5.74) is 2.85. The number of halogens is 2. The van der Waals surface area contributed by atoms with Gasteiger partial charge in [-0.25, -0.2) is 13.2 Å². The predicted octanol–water partition coefficient (Wildman–Crippen LogP) is 4.47. The number of rotatable bonds is 7. The van der Waals surface area contributed by atoms with Gasteiger partial charge in [0.2, 0.25) is 9.84 Å². The fourth-order valence-corrected chi connectivity index (χ4v) is 5.61. The van der Waals surface area contributed by atoms with Crippen LogP contribution in [0.25, 0.3) is 0 Å². The standard InChI is InChI=1S/C25H24ClNO5S.ClH/c26-20-3-1-2-18(12-20)24(28)15-27-21-8-4-16-5-11-23(14-19(16)13-21)33(31,32)22-9-6-17(7-10-22)25(29)30;/h1-3,5-7,9-12,14,21,24,27-28H,4,8,13,15H2,(H,29,30);1H/t21-,24+;/m0./s1. The van der Waals surface area contributed by atoms with Gasteiger partial charge in [0.25, 0.3) is 0 Å². The van der Waals surface area contributed by atoms with Crippen LogP contribution in [0.2, 0.25) is 5.02 Å². The van der Waals surface area contributed by atoms with Gasteiger partial charge >= 0.3 is 5.97 Å². The van der Waals surface area contributed by atoms with E-state index in [4.69, 9.17) is 16.7 Å². The lowest BCUT2D eigenvalue weighted by molar-refractivity contribution is 0.0696. The molecular weight excluding hydrogens is 497 g/mol. The monoisotopic (exact) mass is 521 g/mol. The molecule has 0 fully saturated rings. The molecule has 0 saturated carbocycles. The molecule has 3 aromatic rings. The number of aliphatic hydroxyl groups is 1. The zero-order valence-electron chi connectivity index (χ0n) is 18.1. The van der Waals surface area contributed by atoms with E-state index in [1.54, 1.807) is 30.3 Å². The van der Waals surface area contributed by atoms with Crippen molar-refractivity contribution in [3.63, 3.8) is 0 Å². The summed E-state index contributed by atoms with van der Waals surface area (Å²) in [5, 5.41) is 23.5. The molecule has 4 rings (SSSR count). The summed E-state index contributed by atoms with van der Waals surface area (Å²) >= 11 is 6.00. The SMILES string of the molecule is Cl.O=C(O)c1ccc(S(=O)(=O)c2ccc3c(c2)C[C@@H](NC[C@@H](O)c2cccc(Cl)c2)CC3)cc1. The van der Waals surface area contributed by atoms with Crippen LogP contribution in [-0.2, 0) is 22.7 Å². The number of aliphatic hydroxyl groups excluding tert-OH is 1. The number of sulfone groups is 1. The highest BCUT2D eigenvalue weighted by Crippen LogP contribution is 2.28. The lowest BCUT2D eigenvalue weighted by atomic mass is 9.88. The van der Waals surface area contributed by atoms with E-state index in [-0.39, 0.29) is 33.8 Å². The molecule has 3 N–H and O–H groups in total. The molecule has 1 aliphatic rings. The quantitative estimate of drug-likeness (QED) is 0.423. The molecule has 0 unspecified atom stereocenters. The molecule has 0 aliphatic heterocycles. The molecule has 0 aromatic heterocycles. The van der Waals surface area contributed by atoms with E-state index in [0.29, 0.717) is 18.0 Å². The average Bonchev–Trinajstić information content (AvgIpc) is 2.82. The van der Waals surface area contributed by atoms with Crippen LogP contribution < -0.4 is 5.32 Å². The number of aryl methyl sites for hydroxylation is 1. The van der Waals surface area contributed by atoms with Gasteiger partial charge in [0.05, 0.1) is 21.5 Å². The van der Waals surface area contributed by atoms with Crippen molar-refractivity contribution >= 4 is 39.8 Å². The van der Waals surface area contributed by atoms with Crippen LogP contribution in [0.3, 0.4) is 0 Å². The smallest absolute Gasteiger partial charge is 0.335 e. The number of benzene rings is 3. The zero-order valence-corrected chi connectivity index (χ0v) is 20.5. The molecule has 9 heteroatoms. The number of nitrogens with one attached hydrogen (secondary N) is 1. The molecule has 0 heterocycles. The molecule has 0 radical (unpaired) electrons. The van der Waals surface area contributed by atoms with E-state index in [1.165, 1.54) is 24.3 Å². The first-order valence-corrected chi connectivity index (χ1v) is 12.5. The van der Waals surface area contributed by atoms with E-state index < -0.39 is 21.9 Å². The topological polar surface area (TPSA) is 104 Å². The van der Waals surface area contributed by atoms with Crippen molar-refractivity contribution in [1.82, 2.24) is 5.32 Å². The van der Waals surface area contributed by atoms with E-state index >= 15 is 0 Å². The van der Waals surface area contributed by atoms with E-state index in [0.717, 1.165) is 29.5 Å². The van der Waals surface area contributed by atoms with E-state index in [9.17, 15) is 18.3 Å². The van der Waals surface area contributed by atoms with Crippen molar-refractivity contribution in [2.24, 2.45) is 0 Å². The van der Waals surface area contributed by atoms with Crippen LogP contribution in [0.1, 0.15) is 39.6 Å². The molecule has 180 valence electrons. The summed E-state index contributed by atoms with van der Waals surface area (Å²) in [4.78, 5) is 11.3. The van der Waals surface area contributed by atoms with Gasteiger partial charge in [-0.2, -0.15) is 0 Å². The van der Waals surface area contributed by atoms with Gasteiger partial charge < -0.3 is 15.5 Å². The normalized spacial score (nSPS) is 16.2. The number of fused-ring (bicyclic) bond motifs is 1. The van der Waals surface area contributed by atoms with E-state index in [2.05, 4.69) is 5.32 Å². The molecular formula is C25H25Cl2NO5S. The Morgan fingerprint density at radius 2 is 1.74 bits per heavy atom. The molecule has 3 aromatic carbocycles. The van der Waals surface area contributed by atoms with Crippen molar-refractivity contribution in [3.8, 4) is 0 Å². The number of carboxylic acids is 1. The van der Waals surface area contributed by atoms with Crippen LogP contribution in [-0.4, -0.2) is 37.2 Å². The minimum absolute atomic E-state index is 0. The molecule has 0 saturated heterocycles. The van der Waals surface area contributed by atoms with Crippen molar-refractivity contribution in [2.75, 3.05) is 6.54 Å². The third kappa shape index (κ3) is 5.79. The molecule has 6 nitrogen and oxygen atoms in total. The van der Waals surface area contributed by atoms with Crippen molar-refractivity contribution in [1.29, 1.82) is 0 Å². The van der Waals surface area contributed by atoms with Crippen molar-refractivity contribution < 1.29 is 23.4 Å². The molecule has 0 bridgehead atoms. The second kappa shape index (κ2) is 10.9. The van der Waals surface area contributed by atoms with Crippen LogP contribution in [0.5, 0.6) is 0 Å². The minimum Gasteiger partial charge on any atom is -0.478 e. The summed E-state index contributed by atoms with van der Waals surface area (Å²) in [6.07, 6.45) is 1.66. The largest absolute Gasteiger partial charge is 0.478 e. The summed E-state index contributed by atoms with van der Waals surface area (Å²) in [7, 11) is -3.76. The maximum absolute atomic E-state index is 13.1. The number of carbonyl (C=O) groups is 1. The third-order valence-corrected chi connectivity index (χ3v) is 7.96. The van der Waals surface area contributed by atoms with Crippen LogP contribution in [0, 0.1) is 0 Å². The maximum atomic E-state index is 13.1. The predicted molar refractivity (Wildman–Crippen MR) is 133 cm³/mol. The van der Waals surface area contributed by atoms with Crippen LogP contribution >= 0.6 is 24.0 Å². The van der Waals surface area contributed by atoms with Crippen molar-refractivity contribution in [2.45, 2.75) is 41.2 Å². The van der Waals surface area contributed by atoms with Gasteiger partial charge in [-0.3, -0.25) is 0 Å². The first-order chi connectivity index (χ1) is 15.7. The summed E-state index contributed by atoms with van der Waals surface area (Å²) in [6, 6.07) is 17.6. The number of aromatic carboxylic acids is 1. The van der Waals surface area contributed by atoms with Gasteiger partial charge in [0.1, 0.15) is 0 Å². The first kappa shape index (κ1) is 26.2. The highest BCUT2D eigenvalue weighted by molar-refractivity contribution is 7.91. The highest BCUT2D eigenvalue weighted by atomic mass is 35.5. The van der Waals surface area contributed by atoms with Crippen LogP contribution in [0.15, 0.2) is 76.5 Å². The Kier molecular flexibility index (Phi) is 8.38. The Morgan fingerprint density at radius 3 is 2.41 bits per heavy atom. The van der Waals surface area contributed by atoms with Gasteiger partial charge in [-0.15, -0.1) is 12.4 Å². The summed E-state index contributed by atoms with van der Waals surface area (Å²) < 4.78 is 26.1. The Morgan fingerprint density at radius 1 is 1.03 bits per heavy atom. The first-order valence-electron chi connectivity index (χ1n) is 10.6. The zero-order chi connectivity index (χ0) is 23.6. The second-order valence-electron chi connectivity index (χ2n) is 8.18. The fraction of sp³-hybridized carbons (Fsp3) is 0.240. The molecule has 0 amide bonds. The molecule has 34 heavy (non-hydrogen) atoms. The molecule has 1 aliphatic carbocycles. The molecule has 0 spiro atoms. The maximum Gasteiger partial charge on any atom is 0.335 e. The Balaban J connectivity index is 0.00000324. The minimum atomic E-state index is -3.76. The van der Waals surface area contributed by atoms with E-state index in [1.807, 2.05) is 12.1 Å². The van der Waals surface area contributed by atoms with Crippen molar-refractivity contribution in [3.05, 3.63) is 94.0 Å². The Bertz CT molecular complexity index is 1280. The third-order valence-electron chi connectivity index (χ3n) is 5.96. The Labute approximate surface area is 209 Å². The number of hydrogen-bond acceptors (Lipinski definition) is 5. The summed E-state index contributed by atoms with van der Waals surface area (Å²) in [5.74, 6) is -1.10. The van der Waals surface area contributed by atoms with Gasteiger partial charge in [0, 0.05) is 17.6 Å². The van der Waals surface area contributed by atoms with Gasteiger partial charge in [-0.1, -0.05) is 29.8 Å². The Hall–Kier alpha value is -2.42. The molecule has 2 atom stereocenters. The fourth-order valence-electron chi connectivity index (χ4n) is 4.10. The lowest BCUT2D eigenvalue weighted by Crippen LogP contribution is -2.37. The second-order valence-corrected chi connectivity index (χ2v) is 10.6. The van der Waals surface area contributed by atoms with Gasteiger partial charge in [-0.05, 0) is 84.5 Å².